The van der Waals surface area contributed by atoms with E-state index in [1.807, 2.05) is 20.9 Å². The first-order valence-corrected chi connectivity index (χ1v) is 4.58. The lowest BCUT2D eigenvalue weighted by atomic mass is 10.5. The largest absolute Gasteiger partial charge is 0.449 e. The second-order valence-corrected chi connectivity index (χ2v) is 3.06. The Morgan fingerprint density at radius 3 is 2.93 bits per heavy atom. The molecular weight excluding hydrogens is 182 g/mol. The van der Waals surface area contributed by atoms with E-state index in [-0.39, 0.29) is 0 Å². The molecule has 1 heterocycles. The number of ether oxygens (including phenoxy) is 1. The van der Waals surface area contributed by atoms with Crippen LogP contribution >= 0.6 is 0 Å². The lowest BCUT2D eigenvalue weighted by Gasteiger charge is -2.02. The Hall–Kier alpha value is -1.52. The molecule has 0 bridgehead atoms. The quantitative estimate of drug-likeness (QED) is 0.802. The normalized spacial score (nSPS) is 9.93. The van der Waals surface area contributed by atoms with Crippen LogP contribution in [0.2, 0.25) is 0 Å². The summed E-state index contributed by atoms with van der Waals surface area (Å²) in [5.74, 6) is 0.520. The van der Waals surface area contributed by atoms with Gasteiger partial charge in [0.15, 0.2) is 5.82 Å². The second kappa shape index (κ2) is 4.64. The Morgan fingerprint density at radius 2 is 2.43 bits per heavy atom. The highest BCUT2D eigenvalue weighted by Gasteiger charge is 2.05. The van der Waals surface area contributed by atoms with Crippen molar-refractivity contribution in [3.05, 3.63) is 11.8 Å². The van der Waals surface area contributed by atoms with Crippen molar-refractivity contribution >= 4 is 11.9 Å². The number of nitrogens with zero attached hydrogens (tertiary/aromatic N) is 2. The van der Waals surface area contributed by atoms with Gasteiger partial charge in [-0.25, -0.2) is 4.79 Å². The van der Waals surface area contributed by atoms with Gasteiger partial charge in [0, 0.05) is 18.8 Å². The Balaban J connectivity index is 2.48. The third-order valence-corrected chi connectivity index (χ3v) is 1.78. The van der Waals surface area contributed by atoms with Crippen LogP contribution in [0.5, 0.6) is 0 Å². The van der Waals surface area contributed by atoms with Gasteiger partial charge >= 0.3 is 6.09 Å². The molecule has 1 aromatic rings. The standard InChI is InChI=1S/C9H15N3O2/c1-4-5-14-9(13)10-8-6-7(2)12(3)11-8/h6H,4-5H2,1-3H3,(H,10,11,13). The summed E-state index contributed by atoms with van der Waals surface area (Å²) in [6.45, 7) is 4.28. The Morgan fingerprint density at radius 1 is 1.71 bits per heavy atom. The number of aromatic nitrogens is 2. The van der Waals surface area contributed by atoms with Gasteiger partial charge in [-0.2, -0.15) is 5.10 Å². The SMILES string of the molecule is CCCOC(=O)Nc1cc(C)n(C)n1. The van der Waals surface area contributed by atoms with Gasteiger partial charge in [-0.05, 0) is 13.3 Å². The molecule has 0 aliphatic carbocycles. The molecule has 5 heteroatoms. The highest BCUT2D eigenvalue weighted by atomic mass is 16.5. The van der Waals surface area contributed by atoms with Crippen molar-refractivity contribution in [2.45, 2.75) is 20.3 Å². The summed E-state index contributed by atoms with van der Waals surface area (Å²) >= 11 is 0. The van der Waals surface area contributed by atoms with Crippen LogP contribution in [0.25, 0.3) is 0 Å². The minimum atomic E-state index is -0.454. The molecule has 0 saturated carbocycles. The van der Waals surface area contributed by atoms with Crippen molar-refractivity contribution in [3.8, 4) is 0 Å². The number of nitrogens with one attached hydrogen (secondary N) is 1. The van der Waals surface area contributed by atoms with Crippen LogP contribution in [0.1, 0.15) is 19.0 Å². The van der Waals surface area contributed by atoms with Gasteiger partial charge in [0.1, 0.15) is 0 Å². The first kappa shape index (κ1) is 10.6. The zero-order valence-electron chi connectivity index (χ0n) is 8.70. The average Bonchev–Trinajstić information content (AvgIpc) is 2.42. The van der Waals surface area contributed by atoms with Crippen LogP contribution in [0.3, 0.4) is 0 Å². The van der Waals surface area contributed by atoms with E-state index < -0.39 is 6.09 Å². The van der Waals surface area contributed by atoms with E-state index >= 15 is 0 Å². The number of carbonyl (C=O) groups is 1. The molecule has 14 heavy (non-hydrogen) atoms. The molecule has 0 radical (unpaired) electrons. The van der Waals surface area contributed by atoms with E-state index in [0.29, 0.717) is 12.4 Å². The molecule has 0 saturated heterocycles. The molecule has 1 N–H and O–H groups in total. The van der Waals surface area contributed by atoms with E-state index in [2.05, 4.69) is 10.4 Å². The zero-order valence-corrected chi connectivity index (χ0v) is 8.70. The molecule has 1 rings (SSSR count). The lowest BCUT2D eigenvalue weighted by Crippen LogP contribution is -2.14. The minimum Gasteiger partial charge on any atom is -0.449 e. The van der Waals surface area contributed by atoms with Crippen LogP contribution in [-0.4, -0.2) is 22.5 Å². The maximum absolute atomic E-state index is 11.1. The minimum absolute atomic E-state index is 0.428. The van der Waals surface area contributed by atoms with E-state index in [1.54, 1.807) is 10.7 Å². The van der Waals surface area contributed by atoms with Crippen molar-refractivity contribution in [2.24, 2.45) is 7.05 Å². The first-order valence-electron chi connectivity index (χ1n) is 4.58. The fourth-order valence-corrected chi connectivity index (χ4v) is 0.957. The number of carbonyl (C=O) groups excluding carboxylic acids is 1. The van der Waals surface area contributed by atoms with E-state index in [1.165, 1.54) is 0 Å². The average molecular weight is 197 g/mol. The van der Waals surface area contributed by atoms with Crippen molar-refractivity contribution in [1.29, 1.82) is 0 Å². The van der Waals surface area contributed by atoms with Crippen molar-refractivity contribution in [2.75, 3.05) is 11.9 Å². The maximum atomic E-state index is 11.1. The topological polar surface area (TPSA) is 56.1 Å². The predicted molar refractivity (Wildman–Crippen MR) is 53.2 cm³/mol. The second-order valence-electron chi connectivity index (χ2n) is 3.06. The van der Waals surface area contributed by atoms with Crippen LogP contribution in [-0.2, 0) is 11.8 Å². The number of anilines is 1. The summed E-state index contributed by atoms with van der Waals surface area (Å²) in [7, 11) is 1.82. The predicted octanol–water partition coefficient (Wildman–Crippen LogP) is 1.69. The summed E-state index contributed by atoms with van der Waals surface area (Å²) in [5, 5.41) is 6.61. The van der Waals surface area contributed by atoms with Crippen molar-refractivity contribution in [3.63, 3.8) is 0 Å². The lowest BCUT2D eigenvalue weighted by molar-refractivity contribution is 0.161. The molecule has 1 amide bonds. The zero-order chi connectivity index (χ0) is 10.6. The fourth-order valence-electron chi connectivity index (χ4n) is 0.957. The fraction of sp³-hybridized carbons (Fsp3) is 0.556. The highest BCUT2D eigenvalue weighted by Crippen LogP contribution is 2.06. The highest BCUT2D eigenvalue weighted by molar-refractivity contribution is 5.83. The molecule has 0 aliphatic heterocycles. The van der Waals surface area contributed by atoms with Crippen LogP contribution in [0.4, 0.5) is 10.6 Å². The molecule has 0 atom stereocenters. The van der Waals surface area contributed by atoms with Gasteiger partial charge in [-0.15, -0.1) is 0 Å². The van der Waals surface area contributed by atoms with E-state index in [4.69, 9.17) is 4.74 Å². The third-order valence-electron chi connectivity index (χ3n) is 1.78. The molecule has 1 aromatic heterocycles. The van der Waals surface area contributed by atoms with E-state index in [9.17, 15) is 4.79 Å². The molecule has 0 aromatic carbocycles. The van der Waals surface area contributed by atoms with Crippen molar-refractivity contribution < 1.29 is 9.53 Å². The number of hydrogen-bond acceptors (Lipinski definition) is 3. The van der Waals surface area contributed by atoms with Crippen LogP contribution in [0.15, 0.2) is 6.07 Å². The smallest absolute Gasteiger partial charge is 0.412 e. The molecular formula is C9H15N3O2. The molecule has 78 valence electrons. The first-order chi connectivity index (χ1) is 6.63. The van der Waals surface area contributed by atoms with Gasteiger partial charge < -0.3 is 4.74 Å². The molecule has 0 unspecified atom stereocenters. The van der Waals surface area contributed by atoms with Gasteiger partial charge in [-0.3, -0.25) is 10.00 Å². The monoisotopic (exact) mass is 197 g/mol. The van der Waals surface area contributed by atoms with Crippen LogP contribution in [0, 0.1) is 6.92 Å². The summed E-state index contributed by atoms with van der Waals surface area (Å²) in [6, 6.07) is 1.78. The van der Waals surface area contributed by atoms with E-state index in [0.717, 1.165) is 12.1 Å². The van der Waals surface area contributed by atoms with Gasteiger partial charge in [0.2, 0.25) is 0 Å². The Bertz CT molecular complexity index is 300. The molecule has 0 aliphatic rings. The summed E-state index contributed by atoms with van der Waals surface area (Å²) < 4.78 is 6.53. The summed E-state index contributed by atoms with van der Waals surface area (Å²) in [4.78, 5) is 11.1. The third kappa shape index (κ3) is 2.76. The number of rotatable bonds is 3. The van der Waals surface area contributed by atoms with Gasteiger partial charge in [0.05, 0.1) is 6.61 Å². The molecule has 5 nitrogen and oxygen atoms in total. The Labute approximate surface area is 83.1 Å². The van der Waals surface area contributed by atoms with Gasteiger partial charge in [0.25, 0.3) is 0 Å². The number of hydrogen-bond donors (Lipinski definition) is 1. The van der Waals surface area contributed by atoms with Crippen LogP contribution < -0.4 is 5.32 Å². The summed E-state index contributed by atoms with van der Waals surface area (Å²) in [5.41, 5.74) is 0.982. The molecule has 0 fully saturated rings. The number of amides is 1. The van der Waals surface area contributed by atoms with Crippen molar-refractivity contribution in [1.82, 2.24) is 9.78 Å². The number of aryl methyl sites for hydroxylation is 2. The Kier molecular flexibility index (Phi) is 3.50. The van der Waals surface area contributed by atoms with Gasteiger partial charge in [-0.1, -0.05) is 6.92 Å². The molecule has 0 spiro atoms. The maximum Gasteiger partial charge on any atom is 0.412 e. The summed E-state index contributed by atoms with van der Waals surface area (Å²) in [6.07, 6.45) is 0.360.